The number of nitrogens with one attached hydrogen (secondary N) is 1. The molecule has 1 saturated carbocycles. The molecule has 0 atom stereocenters. The van der Waals surface area contributed by atoms with E-state index in [4.69, 9.17) is 0 Å². The van der Waals surface area contributed by atoms with Crippen molar-refractivity contribution in [2.45, 2.75) is 57.5 Å². The zero-order chi connectivity index (χ0) is 11.8. The summed E-state index contributed by atoms with van der Waals surface area (Å²) >= 11 is 0. The second kappa shape index (κ2) is 4.07. The summed E-state index contributed by atoms with van der Waals surface area (Å²) in [5.41, 5.74) is -0.572. The molecule has 0 unspecified atom stereocenters. The first-order chi connectivity index (χ1) is 7.55. The lowest BCUT2D eigenvalue weighted by Crippen LogP contribution is -2.68. The van der Waals surface area contributed by atoms with Gasteiger partial charge < -0.3 is 10.2 Å². The van der Waals surface area contributed by atoms with Gasteiger partial charge in [0.25, 0.3) is 0 Å². The van der Waals surface area contributed by atoms with Gasteiger partial charge in [0.1, 0.15) is 5.54 Å². The summed E-state index contributed by atoms with van der Waals surface area (Å²) in [5.74, 6) is 0.122. The Bertz CT molecular complexity index is 306. The molecule has 16 heavy (non-hydrogen) atoms. The highest BCUT2D eigenvalue weighted by atomic mass is 16.2. The van der Waals surface area contributed by atoms with E-state index in [2.05, 4.69) is 5.32 Å². The van der Waals surface area contributed by atoms with Crippen LogP contribution in [0.2, 0.25) is 0 Å². The Balaban J connectivity index is 2.23. The predicted molar refractivity (Wildman–Crippen MR) is 60.8 cm³/mol. The number of piperazine rings is 1. The van der Waals surface area contributed by atoms with Crippen molar-refractivity contribution in [2.24, 2.45) is 0 Å². The quantitative estimate of drug-likeness (QED) is 0.724. The molecule has 0 bridgehead atoms. The molecular formula is C12H20N2O2. The number of carbonyl (C=O) groups excluding carboxylic acids is 2. The topological polar surface area (TPSA) is 49.4 Å². The van der Waals surface area contributed by atoms with Gasteiger partial charge in [0.2, 0.25) is 11.8 Å². The summed E-state index contributed by atoms with van der Waals surface area (Å²) in [4.78, 5) is 25.8. The number of hydrogen-bond donors (Lipinski definition) is 1. The lowest BCUT2D eigenvalue weighted by atomic mass is 9.79. The van der Waals surface area contributed by atoms with Gasteiger partial charge in [-0.05, 0) is 26.7 Å². The minimum atomic E-state index is -0.572. The average molecular weight is 224 g/mol. The maximum absolute atomic E-state index is 12.4. The highest BCUT2D eigenvalue weighted by Gasteiger charge is 2.47. The van der Waals surface area contributed by atoms with Crippen LogP contribution < -0.4 is 5.32 Å². The molecule has 4 heteroatoms. The number of hydrogen-bond acceptors (Lipinski definition) is 2. The van der Waals surface area contributed by atoms with Crippen LogP contribution in [-0.4, -0.2) is 34.8 Å². The zero-order valence-electron chi connectivity index (χ0n) is 10.1. The lowest BCUT2D eigenvalue weighted by molar-refractivity contribution is -0.153. The monoisotopic (exact) mass is 224 g/mol. The van der Waals surface area contributed by atoms with E-state index in [9.17, 15) is 9.59 Å². The third-order valence-corrected chi connectivity index (χ3v) is 3.69. The van der Waals surface area contributed by atoms with Crippen molar-refractivity contribution in [1.29, 1.82) is 0 Å². The van der Waals surface area contributed by atoms with E-state index in [1.165, 1.54) is 6.42 Å². The molecule has 2 aliphatic rings. The highest BCUT2D eigenvalue weighted by Crippen LogP contribution is 2.32. The van der Waals surface area contributed by atoms with Crippen LogP contribution in [-0.2, 0) is 9.59 Å². The summed E-state index contributed by atoms with van der Waals surface area (Å²) in [6, 6.07) is 0.109. The van der Waals surface area contributed by atoms with Crippen molar-refractivity contribution in [2.75, 3.05) is 6.54 Å². The van der Waals surface area contributed by atoms with Gasteiger partial charge in [0.15, 0.2) is 0 Å². The Morgan fingerprint density at radius 2 is 1.81 bits per heavy atom. The van der Waals surface area contributed by atoms with Gasteiger partial charge in [0.05, 0.1) is 6.54 Å². The van der Waals surface area contributed by atoms with E-state index < -0.39 is 5.54 Å². The van der Waals surface area contributed by atoms with Gasteiger partial charge in [-0.15, -0.1) is 0 Å². The molecule has 2 fully saturated rings. The molecule has 0 aromatic heterocycles. The van der Waals surface area contributed by atoms with Crippen molar-refractivity contribution >= 4 is 11.8 Å². The third-order valence-electron chi connectivity index (χ3n) is 3.69. The first-order valence-electron chi connectivity index (χ1n) is 6.17. The largest absolute Gasteiger partial charge is 0.340 e. The van der Waals surface area contributed by atoms with Crippen LogP contribution in [0, 0.1) is 0 Å². The fourth-order valence-electron chi connectivity index (χ4n) is 2.77. The third kappa shape index (κ3) is 1.81. The maximum Gasteiger partial charge on any atom is 0.249 e. The van der Waals surface area contributed by atoms with Gasteiger partial charge in [-0.2, -0.15) is 0 Å². The minimum Gasteiger partial charge on any atom is -0.340 e. The first kappa shape index (κ1) is 11.4. The number of rotatable bonds is 1. The molecule has 0 aromatic carbocycles. The SMILES string of the molecule is CC(C)N1CC(=O)NC2(CCCCC2)C1=O. The van der Waals surface area contributed by atoms with E-state index in [0.29, 0.717) is 0 Å². The standard InChI is InChI=1S/C12H20N2O2/c1-9(2)14-8-10(15)13-12(11(14)16)6-4-3-5-7-12/h9H,3-8H2,1-2H3,(H,13,15). The van der Waals surface area contributed by atoms with Gasteiger partial charge >= 0.3 is 0 Å². The first-order valence-corrected chi connectivity index (χ1v) is 6.17. The van der Waals surface area contributed by atoms with Crippen molar-refractivity contribution < 1.29 is 9.59 Å². The van der Waals surface area contributed by atoms with Gasteiger partial charge in [0, 0.05) is 6.04 Å². The van der Waals surface area contributed by atoms with Gasteiger partial charge in [-0.25, -0.2) is 0 Å². The molecule has 1 aliphatic carbocycles. The average Bonchev–Trinajstić information content (AvgIpc) is 2.24. The van der Waals surface area contributed by atoms with Crippen LogP contribution in [0.25, 0.3) is 0 Å². The second-order valence-corrected chi connectivity index (χ2v) is 5.22. The minimum absolute atomic E-state index is 0.00444. The van der Waals surface area contributed by atoms with Gasteiger partial charge in [-0.3, -0.25) is 9.59 Å². The molecule has 2 rings (SSSR count). The normalized spacial score (nSPS) is 25.1. The van der Waals surface area contributed by atoms with Crippen molar-refractivity contribution in [3.8, 4) is 0 Å². The molecule has 1 spiro atoms. The molecule has 90 valence electrons. The zero-order valence-corrected chi connectivity index (χ0v) is 10.1. The fourth-order valence-corrected chi connectivity index (χ4v) is 2.77. The Labute approximate surface area is 96.4 Å². The Kier molecular flexibility index (Phi) is 2.91. The Morgan fingerprint density at radius 1 is 1.19 bits per heavy atom. The smallest absolute Gasteiger partial charge is 0.249 e. The van der Waals surface area contributed by atoms with Gasteiger partial charge in [-0.1, -0.05) is 19.3 Å². The van der Waals surface area contributed by atoms with Crippen molar-refractivity contribution in [3.05, 3.63) is 0 Å². The molecule has 1 aliphatic heterocycles. The molecule has 1 heterocycles. The molecule has 2 amide bonds. The van der Waals surface area contributed by atoms with E-state index in [1.54, 1.807) is 4.90 Å². The van der Waals surface area contributed by atoms with Crippen LogP contribution >= 0.6 is 0 Å². The van der Waals surface area contributed by atoms with E-state index in [-0.39, 0.29) is 24.4 Å². The van der Waals surface area contributed by atoms with Crippen molar-refractivity contribution in [1.82, 2.24) is 10.2 Å². The summed E-state index contributed by atoms with van der Waals surface area (Å²) in [6.07, 6.45) is 4.87. The summed E-state index contributed by atoms with van der Waals surface area (Å²) in [6.45, 7) is 4.15. The van der Waals surface area contributed by atoms with Crippen molar-refractivity contribution in [3.63, 3.8) is 0 Å². The molecular weight excluding hydrogens is 204 g/mol. The van der Waals surface area contributed by atoms with Crippen LogP contribution in [0.4, 0.5) is 0 Å². The molecule has 0 radical (unpaired) electrons. The Morgan fingerprint density at radius 3 is 2.38 bits per heavy atom. The van der Waals surface area contributed by atoms with Crippen LogP contribution in [0.5, 0.6) is 0 Å². The molecule has 4 nitrogen and oxygen atoms in total. The lowest BCUT2D eigenvalue weighted by Gasteiger charge is -2.45. The van der Waals surface area contributed by atoms with E-state index in [0.717, 1.165) is 25.7 Å². The second-order valence-electron chi connectivity index (χ2n) is 5.22. The summed E-state index contributed by atoms with van der Waals surface area (Å²) in [7, 11) is 0. The summed E-state index contributed by atoms with van der Waals surface area (Å²) < 4.78 is 0. The van der Waals surface area contributed by atoms with Crippen LogP contribution in [0.1, 0.15) is 46.0 Å². The highest BCUT2D eigenvalue weighted by molar-refractivity contribution is 5.98. The summed E-state index contributed by atoms with van der Waals surface area (Å²) in [5, 5.41) is 2.94. The van der Waals surface area contributed by atoms with Crippen LogP contribution in [0.3, 0.4) is 0 Å². The van der Waals surface area contributed by atoms with E-state index >= 15 is 0 Å². The Hall–Kier alpha value is -1.06. The molecule has 0 aromatic rings. The van der Waals surface area contributed by atoms with Crippen LogP contribution in [0.15, 0.2) is 0 Å². The van der Waals surface area contributed by atoms with E-state index in [1.807, 2.05) is 13.8 Å². The molecule has 1 N–H and O–H groups in total. The number of amides is 2. The maximum atomic E-state index is 12.4. The predicted octanol–water partition coefficient (Wildman–Crippen LogP) is 1.06. The number of carbonyl (C=O) groups is 2. The molecule has 1 saturated heterocycles. The number of nitrogens with zero attached hydrogens (tertiary/aromatic N) is 1. The fraction of sp³-hybridized carbons (Fsp3) is 0.833.